The van der Waals surface area contributed by atoms with Crippen LogP contribution in [0.25, 0.3) is 11.4 Å². The number of hydrogen-bond acceptors (Lipinski definition) is 3. The molecule has 72 valence electrons. The number of aryl methyl sites for hydroxylation is 1. The summed E-state index contributed by atoms with van der Waals surface area (Å²) in [6.07, 6.45) is 1.59. The molecule has 2 heterocycles. The molecule has 0 radical (unpaired) electrons. The van der Waals surface area contributed by atoms with Gasteiger partial charge in [-0.05, 0) is 13.0 Å². The van der Waals surface area contributed by atoms with Gasteiger partial charge in [0.2, 0.25) is 5.82 Å². The number of nitrogens with one attached hydrogen (secondary N) is 2. The molecular formula is C8H8N4O2. The number of rotatable bonds is 2. The fourth-order valence-electron chi connectivity index (χ4n) is 1.21. The summed E-state index contributed by atoms with van der Waals surface area (Å²) in [4.78, 5) is 17.2. The van der Waals surface area contributed by atoms with Gasteiger partial charge in [-0.2, -0.15) is 5.10 Å². The molecule has 0 spiro atoms. The lowest BCUT2D eigenvalue weighted by molar-refractivity contribution is 0.0684. The topological polar surface area (TPSA) is 94.7 Å². The summed E-state index contributed by atoms with van der Waals surface area (Å²) in [7, 11) is 0. The Morgan fingerprint density at radius 2 is 2.36 bits per heavy atom. The third-order valence-corrected chi connectivity index (χ3v) is 1.84. The minimum absolute atomic E-state index is 0.0629. The molecule has 0 unspecified atom stereocenters. The van der Waals surface area contributed by atoms with Gasteiger partial charge < -0.3 is 10.1 Å². The molecule has 0 atom stereocenters. The number of carboxylic acid groups (broad SMARTS) is 1. The van der Waals surface area contributed by atoms with Crippen LogP contribution >= 0.6 is 0 Å². The lowest BCUT2D eigenvalue weighted by Crippen LogP contribution is -1.98. The van der Waals surface area contributed by atoms with Crippen molar-refractivity contribution in [1.82, 2.24) is 20.2 Å². The number of aromatic carboxylic acids is 1. The summed E-state index contributed by atoms with van der Waals surface area (Å²) in [6.45, 7) is 1.76. The summed E-state index contributed by atoms with van der Waals surface area (Å²) < 4.78 is 0. The molecule has 2 rings (SSSR count). The van der Waals surface area contributed by atoms with Gasteiger partial charge in [0.15, 0.2) is 0 Å². The maximum Gasteiger partial charge on any atom is 0.371 e. The van der Waals surface area contributed by atoms with Crippen LogP contribution in [-0.4, -0.2) is 31.2 Å². The summed E-state index contributed by atoms with van der Waals surface area (Å²) in [5.74, 6) is -1.13. The second-order valence-corrected chi connectivity index (χ2v) is 2.83. The highest BCUT2D eigenvalue weighted by Crippen LogP contribution is 2.17. The molecule has 6 heteroatoms. The fourth-order valence-corrected chi connectivity index (χ4v) is 1.21. The van der Waals surface area contributed by atoms with Crippen molar-refractivity contribution in [3.8, 4) is 11.4 Å². The van der Waals surface area contributed by atoms with E-state index in [1.54, 1.807) is 19.2 Å². The molecule has 0 aliphatic heterocycles. The zero-order valence-corrected chi connectivity index (χ0v) is 7.40. The van der Waals surface area contributed by atoms with Gasteiger partial charge >= 0.3 is 5.97 Å². The van der Waals surface area contributed by atoms with Gasteiger partial charge in [-0.1, -0.05) is 0 Å². The van der Waals surface area contributed by atoms with E-state index in [1.165, 1.54) is 0 Å². The lowest BCUT2D eigenvalue weighted by atomic mass is 10.3. The van der Waals surface area contributed by atoms with Crippen molar-refractivity contribution in [1.29, 1.82) is 0 Å². The Balaban J connectivity index is 2.50. The number of carbonyl (C=O) groups is 1. The van der Waals surface area contributed by atoms with E-state index < -0.39 is 5.97 Å². The van der Waals surface area contributed by atoms with Crippen LogP contribution in [0.15, 0.2) is 12.3 Å². The number of aromatic amines is 2. The molecule has 0 aliphatic carbocycles. The predicted molar refractivity (Wildman–Crippen MR) is 47.9 cm³/mol. The van der Waals surface area contributed by atoms with Crippen molar-refractivity contribution >= 4 is 5.97 Å². The molecule has 0 saturated heterocycles. The molecule has 0 fully saturated rings. The molecule has 6 nitrogen and oxygen atoms in total. The Morgan fingerprint density at radius 3 is 2.86 bits per heavy atom. The number of hydrogen-bond donors (Lipinski definition) is 3. The molecule has 2 aromatic rings. The van der Waals surface area contributed by atoms with Crippen LogP contribution in [0.2, 0.25) is 0 Å². The SMILES string of the molecule is Cc1[nH]c(C(=O)O)nc1-c1ccn[nH]1. The molecule has 2 aromatic heterocycles. The Labute approximate surface area is 79.0 Å². The van der Waals surface area contributed by atoms with Crippen molar-refractivity contribution in [2.24, 2.45) is 0 Å². The Kier molecular flexibility index (Phi) is 1.81. The average molecular weight is 192 g/mol. The van der Waals surface area contributed by atoms with Gasteiger partial charge in [-0.3, -0.25) is 5.10 Å². The number of carboxylic acids is 1. The largest absolute Gasteiger partial charge is 0.475 e. The van der Waals surface area contributed by atoms with E-state index in [4.69, 9.17) is 5.11 Å². The number of imidazole rings is 1. The van der Waals surface area contributed by atoms with Gasteiger partial charge in [-0.15, -0.1) is 0 Å². The molecule has 0 aromatic carbocycles. The molecular weight excluding hydrogens is 184 g/mol. The molecule has 0 saturated carbocycles. The van der Waals surface area contributed by atoms with Crippen LogP contribution in [0.1, 0.15) is 16.3 Å². The first-order chi connectivity index (χ1) is 6.68. The highest BCUT2D eigenvalue weighted by molar-refractivity contribution is 5.84. The number of H-pyrrole nitrogens is 2. The van der Waals surface area contributed by atoms with Crippen molar-refractivity contribution in [2.75, 3.05) is 0 Å². The quantitative estimate of drug-likeness (QED) is 0.656. The first kappa shape index (κ1) is 8.49. The minimum Gasteiger partial charge on any atom is -0.475 e. The van der Waals surface area contributed by atoms with Gasteiger partial charge in [0.05, 0.1) is 5.69 Å². The van der Waals surface area contributed by atoms with Gasteiger partial charge in [0.25, 0.3) is 0 Å². The first-order valence-electron chi connectivity index (χ1n) is 3.98. The highest BCUT2D eigenvalue weighted by Gasteiger charge is 2.13. The standard InChI is InChI=1S/C8H8N4O2/c1-4-6(5-2-3-9-12-5)11-7(10-4)8(13)14/h2-3H,1H3,(H,9,12)(H,10,11)(H,13,14). The lowest BCUT2D eigenvalue weighted by Gasteiger charge is -1.90. The third-order valence-electron chi connectivity index (χ3n) is 1.84. The highest BCUT2D eigenvalue weighted by atomic mass is 16.4. The van der Waals surface area contributed by atoms with E-state index in [0.29, 0.717) is 17.1 Å². The Bertz CT molecular complexity index is 458. The monoisotopic (exact) mass is 192 g/mol. The van der Waals surface area contributed by atoms with E-state index in [2.05, 4.69) is 20.2 Å². The van der Waals surface area contributed by atoms with Crippen LogP contribution in [0.5, 0.6) is 0 Å². The molecule has 0 aliphatic rings. The van der Waals surface area contributed by atoms with Crippen LogP contribution in [0.4, 0.5) is 0 Å². The molecule has 3 N–H and O–H groups in total. The van der Waals surface area contributed by atoms with Crippen molar-refractivity contribution < 1.29 is 9.90 Å². The summed E-state index contributed by atoms with van der Waals surface area (Å²) in [5.41, 5.74) is 1.98. The van der Waals surface area contributed by atoms with Crippen molar-refractivity contribution in [2.45, 2.75) is 6.92 Å². The van der Waals surface area contributed by atoms with E-state index in [-0.39, 0.29) is 5.82 Å². The van der Waals surface area contributed by atoms with Gasteiger partial charge in [0, 0.05) is 11.9 Å². The first-order valence-corrected chi connectivity index (χ1v) is 3.98. The summed E-state index contributed by atoms with van der Waals surface area (Å²) in [5, 5.41) is 15.2. The minimum atomic E-state index is -1.07. The normalized spacial score (nSPS) is 10.4. The van der Waals surface area contributed by atoms with Gasteiger partial charge in [-0.25, -0.2) is 9.78 Å². The second kappa shape index (κ2) is 2.99. The number of nitrogens with zero attached hydrogens (tertiary/aromatic N) is 2. The zero-order chi connectivity index (χ0) is 10.1. The fraction of sp³-hybridized carbons (Fsp3) is 0.125. The smallest absolute Gasteiger partial charge is 0.371 e. The maximum absolute atomic E-state index is 10.6. The van der Waals surface area contributed by atoms with Crippen LogP contribution in [0, 0.1) is 6.92 Å². The number of aromatic nitrogens is 4. The Morgan fingerprint density at radius 1 is 1.57 bits per heavy atom. The molecule has 14 heavy (non-hydrogen) atoms. The third kappa shape index (κ3) is 1.26. The average Bonchev–Trinajstić information content (AvgIpc) is 2.71. The van der Waals surface area contributed by atoms with Crippen molar-refractivity contribution in [3.05, 3.63) is 23.8 Å². The zero-order valence-electron chi connectivity index (χ0n) is 7.40. The molecule has 0 bridgehead atoms. The van der Waals surface area contributed by atoms with Crippen LogP contribution in [0.3, 0.4) is 0 Å². The summed E-state index contributed by atoms with van der Waals surface area (Å²) >= 11 is 0. The van der Waals surface area contributed by atoms with E-state index in [0.717, 1.165) is 0 Å². The van der Waals surface area contributed by atoms with E-state index in [9.17, 15) is 4.79 Å². The van der Waals surface area contributed by atoms with E-state index in [1.807, 2.05) is 0 Å². The van der Waals surface area contributed by atoms with Crippen molar-refractivity contribution in [3.63, 3.8) is 0 Å². The predicted octanol–water partition coefficient (Wildman–Crippen LogP) is 0.806. The van der Waals surface area contributed by atoms with Gasteiger partial charge in [0.1, 0.15) is 5.69 Å². The van der Waals surface area contributed by atoms with E-state index >= 15 is 0 Å². The second-order valence-electron chi connectivity index (χ2n) is 2.83. The van der Waals surface area contributed by atoms with Crippen LogP contribution < -0.4 is 0 Å². The van der Waals surface area contributed by atoms with Crippen LogP contribution in [-0.2, 0) is 0 Å². The summed E-state index contributed by atoms with van der Waals surface area (Å²) in [6, 6.07) is 1.73. The molecule has 0 amide bonds. The Hall–Kier alpha value is -2.11. The maximum atomic E-state index is 10.6.